The highest BCUT2D eigenvalue weighted by Gasteiger charge is 2.12. The number of aryl methyl sites for hydroxylation is 1. The van der Waals surface area contributed by atoms with Crippen LogP contribution in [0.15, 0.2) is 53.0 Å². The second-order valence-corrected chi connectivity index (χ2v) is 6.92. The van der Waals surface area contributed by atoms with E-state index in [2.05, 4.69) is 21.2 Å². The van der Waals surface area contributed by atoms with Crippen molar-refractivity contribution in [2.75, 3.05) is 25.5 Å². The molecular weight excluding hydrogens is 408 g/mol. The van der Waals surface area contributed by atoms with E-state index in [1.807, 2.05) is 56.3 Å². The van der Waals surface area contributed by atoms with Gasteiger partial charge in [-0.15, -0.1) is 0 Å². The monoisotopic (exact) mass is 430 g/mol. The van der Waals surface area contributed by atoms with Gasteiger partial charge in [0.2, 0.25) is 11.8 Å². The second kappa shape index (κ2) is 9.92. The summed E-state index contributed by atoms with van der Waals surface area (Å²) in [6, 6.07) is 13.1. The molecule has 0 saturated carbocycles. The van der Waals surface area contributed by atoms with E-state index in [9.17, 15) is 9.59 Å². The van der Waals surface area contributed by atoms with Crippen LogP contribution in [0.4, 0.5) is 5.69 Å². The molecule has 0 bridgehead atoms. The normalized spacial score (nSPS) is 10.7. The molecule has 0 fully saturated rings. The fraction of sp³-hybridized carbons (Fsp3) is 0.238. The van der Waals surface area contributed by atoms with Gasteiger partial charge in [0.15, 0.2) is 0 Å². The van der Waals surface area contributed by atoms with Gasteiger partial charge in [-0.3, -0.25) is 9.59 Å². The molecular formula is C21H23BrN2O3. The number of amides is 2. The quantitative estimate of drug-likeness (QED) is 0.667. The number of rotatable bonds is 7. The van der Waals surface area contributed by atoms with E-state index >= 15 is 0 Å². The van der Waals surface area contributed by atoms with Crippen molar-refractivity contribution in [1.82, 2.24) is 4.90 Å². The molecule has 0 heterocycles. The van der Waals surface area contributed by atoms with E-state index in [0.717, 1.165) is 27.0 Å². The number of para-hydroxylation sites is 1. The second-order valence-electron chi connectivity index (χ2n) is 6.01. The Morgan fingerprint density at radius 2 is 1.96 bits per heavy atom. The molecule has 0 saturated heterocycles. The molecule has 2 aromatic rings. The van der Waals surface area contributed by atoms with Gasteiger partial charge in [0.05, 0.1) is 13.2 Å². The summed E-state index contributed by atoms with van der Waals surface area (Å²) in [7, 11) is 1.59. The van der Waals surface area contributed by atoms with Gasteiger partial charge < -0.3 is 15.0 Å². The van der Waals surface area contributed by atoms with Crippen LogP contribution in [0, 0.1) is 6.92 Å². The van der Waals surface area contributed by atoms with Crippen molar-refractivity contribution in [2.45, 2.75) is 13.8 Å². The van der Waals surface area contributed by atoms with Gasteiger partial charge in [-0.25, -0.2) is 0 Å². The maximum atomic E-state index is 12.3. The lowest BCUT2D eigenvalue weighted by molar-refractivity contribution is -0.129. The first-order valence-electron chi connectivity index (χ1n) is 8.61. The minimum Gasteiger partial charge on any atom is -0.493 e. The Labute approximate surface area is 168 Å². The first-order valence-corrected chi connectivity index (χ1v) is 9.41. The predicted molar refractivity (Wildman–Crippen MR) is 112 cm³/mol. The Morgan fingerprint density at radius 3 is 2.67 bits per heavy atom. The molecule has 5 nitrogen and oxygen atoms in total. The summed E-state index contributed by atoms with van der Waals surface area (Å²) in [6.07, 6.45) is 3.14. The summed E-state index contributed by atoms with van der Waals surface area (Å²) < 4.78 is 6.48. The van der Waals surface area contributed by atoms with Crippen molar-refractivity contribution >= 4 is 39.5 Å². The lowest BCUT2D eigenvalue weighted by Crippen LogP contribution is -2.34. The average molecular weight is 431 g/mol. The molecule has 0 aliphatic carbocycles. The molecule has 0 aromatic heterocycles. The minimum absolute atomic E-state index is 0.0359. The standard InChI is InChI=1S/C21H23BrN2O3/c1-4-27-19-8-6-5-7-16(19)9-12-21(26)24(3)14-20(25)23-18-11-10-17(22)13-15(18)2/h5-13H,4,14H2,1-3H3,(H,23,25)/b12-9+. The minimum atomic E-state index is -0.260. The highest BCUT2D eigenvalue weighted by Crippen LogP contribution is 2.20. The number of hydrogen-bond donors (Lipinski definition) is 1. The van der Waals surface area contributed by atoms with Gasteiger partial charge in [0, 0.05) is 28.8 Å². The van der Waals surface area contributed by atoms with E-state index in [-0.39, 0.29) is 18.4 Å². The molecule has 2 rings (SSSR count). The fourth-order valence-corrected chi connectivity index (χ4v) is 2.92. The van der Waals surface area contributed by atoms with Crippen molar-refractivity contribution in [1.29, 1.82) is 0 Å². The van der Waals surface area contributed by atoms with E-state index in [0.29, 0.717) is 6.61 Å². The van der Waals surface area contributed by atoms with Gasteiger partial charge in [0.25, 0.3) is 0 Å². The van der Waals surface area contributed by atoms with Gasteiger partial charge >= 0.3 is 0 Å². The Morgan fingerprint density at radius 1 is 1.22 bits per heavy atom. The number of hydrogen-bond acceptors (Lipinski definition) is 3. The summed E-state index contributed by atoms with van der Waals surface area (Å²) in [5, 5.41) is 2.83. The van der Waals surface area contributed by atoms with Crippen LogP contribution in [0.1, 0.15) is 18.1 Å². The van der Waals surface area contributed by atoms with Crippen LogP contribution in [-0.4, -0.2) is 36.9 Å². The predicted octanol–water partition coefficient (Wildman–Crippen LogP) is 4.27. The first kappa shape index (κ1) is 20.7. The molecule has 1 N–H and O–H groups in total. The third-order valence-electron chi connectivity index (χ3n) is 3.84. The largest absolute Gasteiger partial charge is 0.493 e. The number of halogens is 1. The van der Waals surface area contributed by atoms with E-state index in [1.165, 1.54) is 11.0 Å². The Bertz CT molecular complexity index is 849. The third kappa shape index (κ3) is 6.25. The molecule has 6 heteroatoms. The molecule has 2 aromatic carbocycles. The molecule has 27 heavy (non-hydrogen) atoms. The van der Waals surface area contributed by atoms with Gasteiger partial charge in [0.1, 0.15) is 5.75 Å². The Kier molecular flexibility index (Phi) is 7.61. The average Bonchev–Trinajstić information content (AvgIpc) is 2.63. The summed E-state index contributed by atoms with van der Waals surface area (Å²) in [6.45, 7) is 4.33. The smallest absolute Gasteiger partial charge is 0.246 e. The number of carbonyl (C=O) groups is 2. The maximum Gasteiger partial charge on any atom is 0.246 e. The fourth-order valence-electron chi connectivity index (χ4n) is 2.44. The zero-order valence-corrected chi connectivity index (χ0v) is 17.2. The number of benzene rings is 2. The van der Waals surface area contributed by atoms with Crippen LogP contribution in [0.3, 0.4) is 0 Å². The third-order valence-corrected chi connectivity index (χ3v) is 4.34. The Balaban J connectivity index is 1.96. The number of nitrogens with one attached hydrogen (secondary N) is 1. The number of carbonyl (C=O) groups excluding carboxylic acids is 2. The maximum absolute atomic E-state index is 12.3. The molecule has 142 valence electrons. The molecule has 0 unspecified atom stereocenters. The van der Waals surface area contributed by atoms with Crippen LogP contribution in [0.5, 0.6) is 5.75 Å². The zero-order valence-electron chi connectivity index (χ0n) is 15.7. The summed E-state index contributed by atoms with van der Waals surface area (Å²) >= 11 is 3.39. The number of ether oxygens (including phenoxy) is 1. The SMILES string of the molecule is CCOc1ccccc1/C=C/C(=O)N(C)CC(=O)Nc1ccc(Br)cc1C. The zero-order chi connectivity index (χ0) is 19.8. The van der Waals surface area contributed by atoms with Crippen LogP contribution < -0.4 is 10.1 Å². The van der Waals surface area contributed by atoms with E-state index < -0.39 is 0 Å². The molecule has 0 radical (unpaired) electrons. The van der Waals surface area contributed by atoms with E-state index in [1.54, 1.807) is 13.1 Å². The first-order chi connectivity index (χ1) is 12.9. The van der Waals surface area contributed by atoms with Crippen LogP contribution in [0.2, 0.25) is 0 Å². The summed E-state index contributed by atoms with van der Waals surface area (Å²) in [5.41, 5.74) is 2.49. The lowest BCUT2D eigenvalue weighted by atomic mass is 10.2. The van der Waals surface area contributed by atoms with Crippen molar-refractivity contribution < 1.29 is 14.3 Å². The van der Waals surface area contributed by atoms with Gasteiger partial charge in [-0.05, 0) is 49.8 Å². The topological polar surface area (TPSA) is 58.6 Å². The van der Waals surface area contributed by atoms with Crippen molar-refractivity contribution in [3.05, 3.63) is 64.1 Å². The van der Waals surface area contributed by atoms with Gasteiger partial charge in [-0.2, -0.15) is 0 Å². The number of likely N-dealkylation sites (N-methyl/N-ethyl adjacent to an activating group) is 1. The lowest BCUT2D eigenvalue weighted by Gasteiger charge is -2.16. The van der Waals surface area contributed by atoms with Crippen molar-refractivity contribution in [3.8, 4) is 5.75 Å². The van der Waals surface area contributed by atoms with Crippen LogP contribution in [0.25, 0.3) is 6.08 Å². The highest BCUT2D eigenvalue weighted by molar-refractivity contribution is 9.10. The van der Waals surface area contributed by atoms with Crippen LogP contribution in [-0.2, 0) is 9.59 Å². The molecule has 2 amide bonds. The molecule has 0 atom stereocenters. The summed E-state index contributed by atoms with van der Waals surface area (Å²) in [5.74, 6) is 0.207. The number of anilines is 1. The van der Waals surface area contributed by atoms with Crippen molar-refractivity contribution in [3.63, 3.8) is 0 Å². The van der Waals surface area contributed by atoms with E-state index in [4.69, 9.17) is 4.74 Å². The number of nitrogens with zero attached hydrogens (tertiary/aromatic N) is 1. The highest BCUT2D eigenvalue weighted by atomic mass is 79.9. The Hall–Kier alpha value is -2.60. The van der Waals surface area contributed by atoms with Gasteiger partial charge in [-0.1, -0.05) is 34.1 Å². The van der Waals surface area contributed by atoms with Crippen LogP contribution >= 0.6 is 15.9 Å². The molecule has 0 aliphatic rings. The molecule has 0 aliphatic heterocycles. The molecule has 0 spiro atoms. The van der Waals surface area contributed by atoms with Crippen molar-refractivity contribution in [2.24, 2.45) is 0 Å². The summed E-state index contributed by atoms with van der Waals surface area (Å²) in [4.78, 5) is 25.9.